The molecule has 1 aliphatic heterocycles. The standard InChI is InChI=1S/C15H20N4O2/c1-12(13-6-5-8-16-10-13)17-18-14(20)11-19-9-4-2-3-7-15(19)21/h5-6,8,10H,2-4,7,9,11H2,1H3,(H,18,20)/b17-12-. The van der Waals surface area contributed by atoms with Gasteiger partial charge in [0.1, 0.15) is 6.54 Å². The highest BCUT2D eigenvalue weighted by Gasteiger charge is 2.18. The molecule has 2 amide bonds. The molecule has 2 rings (SSSR count). The van der Waals surface area contributed by atoms with Crippen molar-refractivity contribution in [3.63, 3.8) is 0 Å². The van der Waals surface area contributed by atoms with E-state index in [-0.39, 0.29) is 18.4 Å². The zero-order valence-electron chi connectivity index (χ0n) is 12.2. The molecule has 2 heterocycles. The van der Waals surface area contributed by atoms with E-state index in [9.17, 15) is 9.59 Å². The van der Waals surface area contributed by atoms with Crippen LogP contribution in [0.15, 0.2) is 29.6 Å². The largest absolute Gasteiger partial charge is 0.333 e. The molecule has 0 spiro atoms. The third-order valence-electron chi connectivity index (χ3n) is 3.43. The Morgan fingerprint density at radius 2 is 2.29 bits per heavy atom. The summed E-state index contributed by atoms with van der Waals surface area (Å²) in [6.45, 7) is 2.52. The lowest BCUT2D eigenvalue weighted by atomic mass is 10.2. The van der Waals surface area contributed by atoms with Gasteiger partial charge in [-0.15, -0.1) is 0 Å². The van der Waals surface area contributed by atoms with Crippen molar-refractivity contribution >= 4 is 17.5 Å². The summed E-state index contributed by atoms with van der Waals surface area (Å²) < 4.78 is 0. The zero-order valence-corrected chi connectivity index (χ0v) is 12.2. The average Bonchev–Trinajstić information content (AvgIpc) is 2.71. The predicted molar refractivity (Wildman–Crippen MR) is 79.6 cm³/mol. The Morgan fingerprint density at radius 1 is 1.43 bits per heavy atom. The van der Waals surface area contributed by atoms with E-state index in [1.807, 2.05) is 12.1 Å². The first-order valence-corrected chi connectivity index (χ1v) is 7.18. The molecule has 0 bridgehead atoms. The number of carbonyl (C=O) groups excluding carboxylic acids is 2. The van der Waals surface area contributed by atoms with E-state index in [4.69, 9.17) is 0 Å². The summed E-state index contributed by atoms with van der Waals surface area (Å²) in [5.74, 6) is -0.218. The Bertz CT molecular complexity index is 528. The van der Waals surface area contributed by atoms with Crippen LogP contribution in [-0.2, 0) is 9.59 Å². The van der Waals surface area contributed by atoms with Gasteiger partial charge in [-0.1, -0.05) is 12.5 Å². The first kappa shape index (κ1) is 15.2. The normalized spacial score (nSPS) is 16.5. The molecule has 0 aromatic carbocycles. The van der Waals surface area contributed by atoms with E-state index in [1.54, 1.807) is 24.2 Å². The average molecular weight is 288 g/mol. The fraction of sp³-hybridized carbons (Fsp3) is 0.467. The third kappa shape index (κ3) is 4.66. The first-order valence-electron chi connectivity index (χ1n) is 7.18. The topological polar surface area (TPSA) is 74.7 Å². The fourth-order valence-corrected chi connectivity index (χ4v) is 2.20. The minimum Gasteiger partial charge on any atom is -0.333 e. The van der Waals surface area contributed by atoms with Gasteiger partial charge in [0, 0.05) is 30.9 Å². The molecular weight excluding hydrogens is 268 g/mol. The Morgan fingerprint density at radius 3 is 3.05 bits per heavy atom. The monoisotopic (exact) mass is 288 g/mol. The van der Waals surface area contributed by atoms with Crippen molar-refractivity contribution in [2.75, 3.05) is 13.1 Å². The molecule has 1 fully saturated rings. The quantitative estimate of drug-likeness (QED) is 0.671. The molecule has 112 valence electrons. The van der Waals surface area contributed by atoms with Crippen molar-refractivity contribution < 1.29 is 9.59 Å². The SMILES string of the molecule is C/C(=N/NC(=O)CN1CCCCCC1=O)c1cccnc1. The Kier molecular flexibility index (Phi) is 5.43. The number of likely N-dealkylation sites (tertiary alicyclic amines) is 1. The molecule has 6 nitrogen and oxygen atoms in total. The van der Waals surface area contributed by atoms with E-state index in [1.165, 1.54) is 0 Å². The maximum absolute atomic E-state index is 11.9. The fourth-order valence-electron chi connectivity index (χ4n) is 2.20. The molecule has 0 radical (unpaired) electrons. The van der Waals surface area contributed by atoms with Gasteiger partial charge in [0.25, 0.3) is 5.91 Å². The van der Waals surface area contributed by atoms with E-state index in [0.29, 0.717) is 18.7 Å². The molecular formula is C15H20N4O2. The van der Waals surface area contributed by atoms with E-state index in [2.05, 4.69) is 15.5 Å². The minimum absolute atomic E-state index is 0.0515. The van der Waals surface area contributed by atoms with E-state index in [0.717, 1.165) is 24.8 Å². The molecule has 1 aliphatic rings. The second kappa shape index (κ2) is 7.52. The van der Waals surface area contributed by atoms with Crippen molar-refractivity contribution in [3.8, 4) is 0 Å². The van der Waals surface area contributed by atoms with Crippen LogP contribution in [0.25, 0.3) is 0 Å². The molecule has 0 aliphatic carbocycles. The lowest BCUT2D eigenvalue weighted by Crippen LogP contribution is -2.39. The molecule has 0 unspecified atom stereocenters. The summed E-state index contributed by atoms with van der Waals surface area (Å²) in [5, 5.41) is 4.05. The predicted octanol–water partition coefficient (Wildman–Crippen LogP) is 1.32. The molecule has 1 N–H and O–H groups in total. The Balaban J connectivity index is 1.88. The lowest BCUT2D eigenvalue weighted by Gasteiger charge is -2.18. The van der Waals surface area contributed by atoms with Crippen molar-refractivity contribution in [2.45, 2.75) is 32.6 Å². The van der Waals surface area contributed by atoms with Gasteiger partial charge in [0.15, 0.2) is 0 Å². The van der Waals surface area contributed by atoms with Gasteiger partial charge in [-0.2, -0.15) is 5.10 Å². The van der Waals surface area contributed by atoms with Gasteiger partial charge < -0.3 is 4.90 Å². The zero-order chi connectivity index (χ0) is 15.1. The van der Waals surface area contributed by atoms with Crippen LogP contribution in [0.3, 0.4) is 0 Å². The number of hydrogen-bond donors (Lipinski definition) is 1. The van der Waals surface area contributed by atoms with Crippen LogP contribution in [0.2, 0.25) is 0 Å². The summed E-state index contributed by atoms with van der Waals surface area (Å²) in [6.07, 6.45) is 6.81. The summed E-state index contributed by atoms with van der Waals surface area (Å²) in [6, 6.07) is 3.68. The number of hydrogen-bond acceptors (Lipinski definition) is 4. The highest BCUT2D eigenvalue weighted by Crippen LogP contribution is 2.10. The molecule has 0 atom stereocenters. The third-order valence-corrected chi connectivity index (χ3v) is 3.43. The summed E-state index contributed by atoms with van der Waals surface area (Å²) >= 11 is 0. The Hall–Kier alpha value is -2.24. The number of rotatable bonds is 4. The number of carbonyl (C=O) groups is 2. The van der Waals surface area contributed by atoms with Gasteiger partial charge in [-0.25, -0.2) is 5.43 Å². The summed E-state index contributed by atoms with van der Waals surface area (Å²) in [7, 11) is 0. The molecule has 6 heteroatoms. The number of nitrogens with zero attached hydrogens (tertiary/aromatic N) is 3. The molecule has 21 heavy (non-hydrogen) atoms. The molecule has 1 saturated heterocycles. The van der Waals surface area contributed by atoms with Crippen molar-refractivity contribution in [2.24, 2.45) is 5.10 Å². The molecule has 1 aromatic rings. The van der Waals surface area contributed by atoms with Crippen molar-refractivity contribution in [3.05, 3.63) is 30.1 Å². The van der Waals surface area contributed by atoms with Crippen LogP contribution in [-0.4, -0.2) is 40.5 Å². The van der Waals surface area contributed by atoms with Crippen molar-refractivity contribution in [1.82, 2.24) is 15.3 Å². The Labute approximate surface area is 124 Å². The van der Waals surface area contributed by atoms with Crippen LogP contribution in [0.4, 0.5) is 0 Å². The van der Waals surface area contributed by atoms with Crippen LogP contribution < -0.4 is 5.43 Å². The molecule has 0 saturated carbocycles. The van der Waals surface area contributed by atoms with Gasteiger partial charge in [-0.3, -0.25) is 14.6 Å². The van der Waals surface area contributed by atoms with Gasteiger partial charge in [0.05, 0.1) is 5.71 Å². The minimum atomic E-state index is -0.270. The van der Waals surface area contributed by atoms with Crippen LogP contribution in [0.5, 0.6) is 0 Å². The summed E-state index contributed by atoms with van der Waals surface area (Å²) in [4.78, 5) is 29.3. The number of pyridine rings is 1. The lowest BCUT2D eigenvalue weighted by molar-refractivity contribution is -0.135. The highest BCUT2D eigenvalue weighted by atomic mass is 16.2. The summed E-state index contributed by atoms with van der Waals surface area (Å²) in [5.41, 5.74) is 4.03. The van der Waals surface area contributed by atoms with Crippen LogP contribution in [0, 0.1) is 0 Å². The van der Waals surface area contributed by atoms with Gasteiger partial charge >= 0.3 is 0 Å². The van der Waals surface area contributed by atoms with Crippen LogP contribution in [0.1, 0.15) is 38.2 Å². The number of amides is 2. The first-order chi connectivity index (χ1) is 10.2. The number of nitrogens with one attached hydrogen (secondary N) is 1. The second-order valence-corrected chi connectivity index (χ2v) is 5.10. The van der Waals surface area contributed by atoms with Crippen molar-refractivity contribution in [1.29, 1.82) is 0 Å². The maximum Gasteiger partial charge on any atom is 0.259 e. The number of aromatic nitrogens is 1. The maximum atomic E-state index is 11.9. The smallest absolute Gasteiger partial charge is 0.259 e. The highest BCUT2D eigenvalue weighted by molar-refractivity contribution is 5.99. The molecule has 1 aromatic heterocycles. The second-order valence-electron chi connectivity index (χ2n) is 5.10. The van der Waals surface area contributed by atoms with Gasteiger partial charge in [0.2, 0.25) is 5.91 Å². The van der Waals surface area contributed by atoms with E-state index >= 15 is 0 Å². The van der Waals surface area contributed by atoms with Crippen LogP contribution >= 0.6 is 0 Å². The number of hydrazone groups is 1. The van der Waals surface area contributed by atoms with E-state index < -0.39 is 0 Å². The van der Waals surface area contributed by atoms with Gasteiger partial charge in [-0.05, 0) is 25.8 Å².